The van der Waals surface area contributed by atoms with Crippen molar-refractivity contribution in [3.8, 4) is 0 Å². The molecule has 0 atom stereocenters. The van der Waals surface area contributed by atoms with E-state index in [1.165, 1.54) is 25.1 Å². The molecule has 1 aromatic rings. The van der Waals surface area contributed by atoms with E-state index in [2.05, 4.69) is 25.5 Å². The van der Waals surface area contributed by atoms with Crippen LogP contribution in [-0.4, -0.2) is 14.9 Å². The molecule has 0 aliphatic carbocycles. The summed E-state index contributed by atoms with van der Waals surface area (Å²) < 4.78 is 2.09. The molecule has 1 aromatic heterocycles. The van der Waals surface area contributed by atoms with Crippen LogP contribution in [0.4, 0.5) is 0 Å². The van der Waals surface area contributed by atoms with Gasteiger partial charge in [-0.3, -0.25) is 0 Å². The van der Waals surface area contributed by atoms with Gasteiger partial charge in [-0.1, -0.05) is 22.4 Å². The molecule has 1 heterocycles. The molecule has 1 rings (SSSR count). The molecule has 0 aliphatic rings. The van der Waals surface area contributed by atoms with Gasteiger partial charge in [-0.2, -0.15) is 0 Å². The average molecular weight is 231 g/mol. The zero-order valence-electron chi connectivity index (χ0n) is 7.46. The van der Waals surface area contributed by atoms with Crippen LogP contribution in [0.5, 0.6) is 0 Å². The smallest absolute Gasteiger partial charge is 0.108 e. The van der Waals surface area contributed by atoms with Crippen LogP contribution in [0.3, 0.4) is 0 Å². The summed E-state index contributed by atoms with van der Waals surface area (Å²) in [5.74, 6) is 1.20. The first-order chi connectivity index (χ1) is 5.84. The highest BCUT2D eigenvalue weighted by Gasteiger charge is 1.97. The van der Waals surface area contributed by atoms with Crippen LogP contribution in [0.1, 0.15) is 25.1 Å². The van der Waals surface area contributed by atoms with Crippen molar-refractivity contribution in [2.45, 2.75) is 25.7 Å². The molecular weight excluding hydrogens is 216 g/mol. The van der Waals surface area contributed by atoms with E-state index in [1.54, 1.807) is 0 Å². The minimum absolute atomic E-state index is 1.11. The van der Waals surface area contributed by atoms with Crippen molar-refractivity contribution in [1.82, 2.24) is 9.55 Å². The maximum Gasteiger partial charge on any atom is 0.108 e. The summed E-state index contributed by atoms with van der Waals surface area (Å²) in [5.41, 5.74) is 0. The average Bonchev–Trinajstić information content (AvgIpc) is 2.46. The largest absolute Gasteiger partial charge is 0.338 e. The van der Waals surface area contributed by atoms with Gasteiger partial charge in [0.05, 0.1) is 0 Å². The number of rotatable bonds is 5. The van der Waals surface area contributed by atoms with E-state index in [9.17, 15) is 0 Å². The molecular formula is C9H15BrN2. The molecule has 0 saturated heterocycles. The van der Waals surface area contributed by atoms with E-state index in [4.69, 9.17) is 0 Å². The summed E-state index contributed by atoms with van der Waals surface area (Å²) in [6.45, 7) is 0. The summed E-state index contributed by atoms with van der Waals surface area (Å²) in [7, 11) is 2.05. The first-order valence-electron chi connectivity index (χ1n) is 4.36. The molecule has 0 N–H and O–H groups in total. The van der Waals surface area contributed by atoms with E-state index in [-0.39, 0.29) is 0 Å². The Morgan fingerprint density at radius 1 is 1.42 bits per heavy atom. The molecule has 0 aliphatic heterocycles. The predicted octanol–water partition coefficient (Wildman–Crippen LogP) is 2.53. The molecule has 68 valence electrons. The van der Waals surface area contributed by atoms with Gasteiger partial charge in [-0.15, -0.1) is 0 Å². The second kappa shape index (κ2) is 5.36. The van der Waals surface area contributed by atoms with Crippen LogP contribution < -0.4 is 0 Å². The number of aromatic nitrogens is 2. The Hall–Kier alpha value is -0.310. The second-order valence-corrected chi connectivity index (χ2v) is 3.75. The van der Waals surface area contributed by atoms with Crippen molar-refractivity contribution in [2.24, 2.45) is 7.05 Å². The van der Waals surface area contributed by atoms with Gasteiger partial charge in [0.1, 0.15) is 5.82 Å². The highest BCUT2D eigenvalue weighted by Crippen LogP contribution is 2.04. The number of unbranched alkanes of at least 4 members (excludes halogenated alkanes) is 2. The molecule has 0 saturated carbocycles. The Morgan fingerprint density at radius 3 is 2.83 bits per heavy atom. The SMILES string of the molecule is Cn1ccnc1CCCCCBr. The first kappa shape index (κ1) is 9.78. The molecule has 0 spiro atoms. The Morgan fingerprint density at radius 2 is 2.25 bits per heavy atom. The standard InChI is InChI=1S/C9H15BrN2/c1-12-8-7-11-9(12)5-3-2-4-6-10/h7-8H,2-6H2,1H3. The van der Waals surface area contributed by atoms with Gasteiger partial charge in [0.15, 0.2) is 0 Å². The fourth-order valence-electron chi connectivity index (χ4n) is 1.19. The second-order valence-electron chi connectivity index (χ2n) is 2.95. The van der Waals surface area contributed by atoms with E-state index in [0.29, 0.717) is 0 Å². The van der Waals surface area contributed by atoms with Crippen LogP contribution in [0, 0.1) is 0 Å². The number of halogens is 1. The summed E-state index contributed by atoms with van der Waals surface area (Å²) in [6.07, 6.45) is 8.77. The van der Waals surface area contributed by atoms with Crippen LogP contribution in [-0.2, 0) is 13.5 Å². The molecule has 0 amide bonds. The van der Waals surface area contributed by atoms with Crippen LogP contribution in [0.25, 0.3) is 0 Å². The summed E-state index contributed by atoms with van der Waals surface area (Å²) in [4.78, 5) is 4.26. The van der Waals surface area contributed by atoms with E-state index in [1.807, 2.05) is 19.4 Å². The van der Waals surface area contributed by atoms with Crippen molar-refractivity contribution in [3.63, 3.8) is 0 Å². The van der Waals surface area contributed by atoms with Crippen molar-refractivity contribution >= 4 is 15.9 Å². The van der Waals surface area contributed by atoms with Crippen molar-refractivity contribution in [2.75, 3.05) is 5.33 Å². The maximum absolute atomic E-state index is 4.26. The fraction of sp³-hybridized carbons (Fsp3) is 0.667. The maximum atomic E-state index is 4.26. The van der Waals surface area contributed by atoms with E-state index < -0.39 is 0 Å². The van der Waals surface area contributed by atoms with Crippen LogP contribution in [0.15, 0.2) is 12.4 Å². The third kappa shape index (κ3) is 2.97. The lowest BCUT2D eigenvalue weighted by molar-refractivity contribution is 0.675. The Bertz CT molecular complexity index is 220. The lowest BCUT2D eigenvalue weighted by Crippen LogP contribution is -1.96. The lowest BCUT2D eigenvalue weighted by atomic mass is 10.2. The highest BCUT2D eigenvalue weighted by molar-refractivity contribution is 9.09. The third-order valence-corrected chi connectivity index (χ3v) is 2.52. The molecule has 12 heavy (non-hydrogen) atoms. The van der Waals surface area contributed by atoms with E-state index in [0.717, 1.165) is 11.8 Å². The molecule has 0 unspecified atom stereocenters. The number of nitrogens with zero attached hydrogens (tertiary/aromatic N) is 2. The minimum atomic E-state index is 1.11. The van der Waals surface area contributed by atoms with Crippen LogP contribution in [0.2, 0.25) is 0 Å². The van der Waals surface area contributed by atoms with Crippen molar-refractivity contribution < 1.29 is 0 Å². The minimum Gasteiger partial charge on any atom is -0.338 e. The summed E-state index contributed by atoms with van der Waals surface area (Å²) in [6, 6.07) is 0. The summed E-state index contributed by atoms with van der Waals surface area (Å²) >= 11 is 3.42. The van der Waals surface area contributed by atoms with Gasteiger partial charge in [-0.25, -0.2) is 4.98 Å². The van der Waals surface area contributed by atoms with Gasteiger partial charge in [0.25, 0.3) is 0 Å². The highest BCUT2D eigenvalue weighted by atomic mass is 79.9. The van der Waals surface area contributed by atoms with Gasteiger partial charge >= 0.3 is 0 Å². The van der Waals surface area contributed by atoms with Crippen LogP contribution >= 0.6 is 15.9 Å². The van der Waals surface area contributed by atoms with Crippen molar-refractivity contribution in [1.29, 1.82) is 0 Å². The van der Waals surface area contributed by atoms with Gasteiger partial charge in [0, 0.05) is 31.2 Å². The Labute approximate surface area is 82.1 Å². The van der Waals surface area contributed by atoms with Gasteiger partial charge in [0.2, 0.25) is 0 Å². The Kier molecular flexibility index (Phi) is 4.36. The number of aryl methyl sites for hydroxylation is 2. The van der Waals surface area contributed by atoms with Gasteiger partial charge < -0.3 is 4.57 Å². The third-order valence-electron chi connectivity index (χ3n) is 1.95. The molecule has 0 bridgehead atoms. The van der Waals surface area contributed by atoms with E-state index >= 15 is 0 Å². The zero-order valence-corrected chi connectivity index (χ0v) is 9.05. The summed E-state index contributed by atoms with van der Waals surface area (Å²) in [5, 5.41) is 1.12. The monoisotopic (exact) mass is 230 g/mol. The molecule has 0 radical (unpaired) electrons. The predicted molar refractivity (Wildman–Crippen MR) is 54.6 cm³/mol. The quantitative estimate of drug-likeness (QED) is 0.562. The molecule has 0 fully saturated rings. The Balaban J connectivity index is 2.20. The molecule has 0 aromatic carbocycles. The molecule has 2 nitrogen and oxygen atoms in total. The normalized spacial score (nSPS) is 10.5. The fourth-order valence-corrected chi connectivity index (χ4v) is 1.59. The number of alkyl halides is 1. The zero-order chi connectivity index (χ0) is 8.81. The lowest BCUT2D eigenvalue weighted by Gasteiger charge is -2.00. The van der Waals surface area contributed by atoms with Gasteiger partial charge in [-0.05, 0) is 12.8 Å². The topological polar surface area (TPSA) is 17.8 Å². The van der Waals surface area contributed by atoms with Crippen molar-refractivity contribution in [3.05, 3.63) is 18.2 Å². The number of hydrogen-bond acceptors (Lipinski definition) is 1. The first-order valence-corrected chi connectivity index (χ1v) is 5.49. The number of hydrogen-bond donors (Lipinski definition) is 0. The molecule has 3 heteroatoms. The number of imidazole rings is 1.